The van der Waals surface area contributed by atoms with E-state index in [0.29, 0.717) is 30.2 Å². The van der Waals surface area contributed by atoms with Crippen molar-refractivity contribution in [1.29, 1.82) is 0 Å². The number of likely N-dealkylation sites (tertiary alicyclic amines) is 1. The van der Waals surface area contributed by atoms with Crippen molar-refractivity contribution in [2.45, 2.75) is 31.5 Å². The number of carbonyl (C=O) groups is 2. The summed E-state index contributed by atoms with van der Waals surface area (Å²) < 4.78 is 6.01. The van der Waals surface area contributed by atoms with Crippen molar-refractivity contribution in [1.82, 2.24) is 10.2 Å². The molecule has 3 saturated heterocycles. The first kappa shape index (κ1) is 15.7. The van der Waals surface area contributed by atoms with Gasteiger partial charge in [-0.25, -0.2) is 4.79 Å². The number of piperidine rings is 1. The Kier molecular flexibility index (Phi) is 3.89. The molecule has 24 heavy (non-hydrogen) atoms. The van der Waals surface area contributed by atoms with E-state index in [2.05, 4.69) is 10.6 Å². The first-order valence-electron chi connectivity index (χ1n) is 8.33. The average Bonchev–Trinajstić information content (AvgIpc) is 2.83. The maximum atomic E-state index is 12.6. The van der Waals surface area contributed by atoms with E-state index < -0.39 is 5.41 Å². The van der Waals surface area contributed by atoms with Crippen LogP contribution < -0.4 is 10.6 Å². The van der Waals surface area contributed by atoms with Crippen molar-refractivity contribution >= 4 is 29.2 Å². The first-order chi connectivity index (χ1) is 11.6. The standard InChI is InChI=1S/C17H20ClN3O3/c18-12-4-1-2-5-13(12)20-16(23)21-9-11-8-17(14(10-21)24-11)6-3-7-19-15(17)22/h1-2,4-5,11,14H,3,6-10H2,(H,19,22)(H,20,23). The van der Waals surface area contributed by atoms with Crippen LogP contribution in [-0.2, 0) is 9.53 Å². The quantitative estimate of drug-likeness (QED) is 0.817. The molecule has 3 fully saturated rings. The fourth-order valence-corrected chi connectivity index (χ4v) is 4.30. The number of hydrogen-bond acceptors (Lipinski definition) is 3. The summed E-state index contributed by atoms with van der Waals surface area (Å²) in [6, 6.07) is 6.95. The average molecular weight is 350 g/mol. The summed E-state index contributed by atoms with van der Waals surface area (Å²) in [7, 11) is 0. The number of amides is 3. The molecule has 3 unspecified atom stereocenters. The number of rotatable bonds is 1. The number of nitrogens with zero attached hydrogens (tertiary/aromatic N) is 1. The number of morpholine rings is 1. The molecular weight excluding hydrogens is 330 g/mol. The molecule has 128 valence electrons. The van der Waals surface area contributed by atoms with Crippen molar-refractivity contribution in [2.75, 3.05) is 25.0 Å². The van der Waals surface area contributed by atoms with E-state index in [4.69, 9.17) is 16.3 Å². The summed E-state index contributed by atoms with van der Waals surface area (Å²) in [4.78, 5) is 26.8. The Bertz CT molecular complexity index is 683. The lowest BCUT2D eigenvalue weighted by Gasteiger charge is -2.38. The van der Waals surface area contributed by atoms with E-state index >= 15 is 0 Å². The molecule has 3 aliphatic heterocycles. The predicted molar refractivity (Wildman–Crippen MR) is 90.0 cm³/mol. The smallest absolute Gasteiger partial charge is 0.322 e. The van der Waals surface area contributed by atoms with Gasteiger partial charge in [0, 0.05) is 19.6 Å². The highest BCUT2D eigenvalue weighted by Gasteiger charge is 2.57. The Morgan fingerprint density at radius 2 is 2.21 bits per heavy atom. The van der Waals surface area contributed by atoms with Crippen molar-refractivity contribution in [3.05, 3.63) is 29.3 Å². The van der Waals surface area contributed by atoms with Crippen LogP contribution in [0.1, 0.15) is 19.3 Å². The highest BCUT2D eigenvalue weighted by Crippen LogP contribution is 2.46. The number of urea groups is 1. The predicted octanol–water partition coefficient (Wildman–Crippen LogP) is 2.24. The highest BCUT2D eigenvalue weighted by molar-refractivity contribution is 6.33. The number of halogens is 1. The Hall–Kier alpha value is -1.79. The molecule has 3 atom stereocenters. The van der Waals surface area contributed by atoms with Gasteiger partial charge >= 0.3 is 6.03 Å². The van der Waals surface area contributed by atoms with Crippen LogP contribution in [0.3, 0.4) is 0 Å². The Morgan fingerprint density at radius 3 is 3.00 bits per heavy atom. The van der Waals surface area contributed by atoms with Crippen LogP contribution in [0.25, 0.3) is 0 Å². The summed E-state index contributed by atoms with van der Waals surface area (Å²) in [5.41, 5.74) is 0.121. The molecule has 0 aromatic heterocycles. The van der Waals surface area contributed by atoms with Crippen molar-refractivity contribution in [3.8, 4) is 0 Å². The zero-order valence-corrected chi connectivity index (χ0v) is 14.0. The van der Waals surface area contributed by atoms with Crippen LogP contribution in [0.2, 0.25) is 5.02 Å². The van der Waals surface area contributed by atoms with E-state index in [0.717, 1.165) is 19.4 Å². The van der Waals surface area contributed by atoms with Crippen LogP contribution in [-0.4, -0.2) is 48.7 Å². The summed E-state index contributed by atoms with van der Waals surface area (Å²) in [5.74, 6) is 0.0783. The molecule has 2 N–H and O–H groups in total. The third kappa shape index (κ3) is 2.54. The Morgan fingerprint density at radius 1 is 1.38 bits per heavy atom. The van der Waals surface area contributed by atoms with Crippen molar-refractivity contribution in [3.63, 3.8) is 0 Å². The van der Waals surface area contributed by atoms with Gasteiger partial charge in [0.1, 0.15) is 0 Å². The molecule has 0 saturated carbocycles. The number of ether oxygens (including phenoxy) is 1. The van der Waals surface area contributed by atoms with Gasteiger partial charge < -0.3 is 20.3 Å². The topological polar surface area (TPSA) is 70.7 Å². The lowest BCUT2D eigenvalue weighted by molar-refractivity contribution is -0.139. The van der Waals surface area contributed by atoms with E-state index in [1.54, 1.807) is 17.0 Å². The van der Waals surface area contributed by atoms with Crippen LogP contribution in [0.4, 0.5) is 10.5 Å². The number of hydrogen-bond donors (Lipinski definition) is 2. The second kappa shape index (κ2) is 5.93. The summed E-state index contributed by atoms with van der Waals surface area (Å²) >= 11 is 6.10. The minimum atomic E-state index is -0.470. The number of nitrogens with one attached hydrogen (secondary N) is 2. The zero-order chi connectivity index (χ0) is 16.7. The number of carbonyl (C=O) groups excluding carboxylic acids is 2. The maximum absolute atomic E-state index is 12.6. The molecule has 3 aliphatic rings. The van der Waals surface area contributed by atoms with Gasteiger partial charge in [-0.1, -0.05) is 23.7 Å². The van der Waals surface area contributed by atoms with E-state index in [1.807, 2.05) is 12.1 Å². The molecule has 7 heteroatoms. The monoisotopic (exact) mass is 349 g/mol. The Balaban J connectivity index is 1.49. The minimum absolute atomic E-state index is 0.0783. The van der Waals surface area contributed by atoms with Gasteiger partial charge in [-0.15, -0.1) is 0 Å². The number of para-hydroxylation sites is 1. The van der Waals surface area contributed by atoms with Crippen molar-refractivity contribution < 1.29 is 14.3 Å². The molecule has 1 aromatic rings. The van der Waals surface area contributed by atoms with Crippen LogP contribution in [0.15, 0.2) is 24.3 Å². The third-order valence-corrected chi connectivity index (χ3v) is 5.64. The first-order valence-corrected chi connectivity index (χ1v) is 8.70. The summed E-state index contributed by atoms with van der Waals surface area (Å²) in [6.07, 6.45) is 2.18. The second-order valence-corrected chi connectivity index (χ2v) is 7.19. The zero-order valence-electron chi connectivity index (χ0n) is 13.3. The minimum Gasteiger partial charge on any atom is -0.370 e. The molecule has 0 aliphatic carbocycles. The molecule has 2 bridgehead atoms. The fraction of sp³-hybridized carbons (Fsp3) is 0.529. The maximum Gasteiger partial charge on any atom is 0.322 e. The van der Waals surface area contributed by atoms with Gasteiger partial charge in [-0.3, -0.25) is 4.79 Å². The Labute approximate surface area is 145 Å². The van der Waals surface area contributed by atoms with Crippen LogP contribution >= 0.6 is 11.6 Å². The normalized spacial score (nSPS) is 31.9. The van der Waals surface area contributed by atoms with Crippen LogP contribution in [0, 0.1) is 5.41 Å². The molecule has 4 rings (SSSR count). The number of benzene rings is 1. The number of anilines is 1. The van der Waals surface area contributed by atoms with E-state index in [1.165, 1.54) is 0 Å². The number of fused-ring (bicyclic) bond motifs is 3. The molecule has 1 aromatic carbocycles. The van der Waals surface area contributed by atoms with E-state index in [9.17, 15) is 9.59 Å². The molecule has 1 spiro atoms. The lowest BCUT2D eigenvalue weighted by atomic mass is 9.73. The highest BCUT2D eigenvalue weighted by atomic mass is 35.5. The molecule has 3 amide bonds. The third-order valence-electron chi connectivity index (χ3n) is 5.32. The second-order valence-electron chi connectivity index (χ2n) is 6.78. The SMILES string of the molecule is O=C(Nc1ccccc1Cl)N1CC2CC3(CCCNC3=O)C(C1)O2. The molecule has 0 radical (unpaired) electrons. The van der Waals surface area contributed by atoms with Gasteiger partial charge in [0.25, 0.3) is 0 Å². The summed E-state index contributed by atoms with van der Waals surface area (Å²) in [6.45, 7) is 1.66. The molecular formula is C17H20ClN3O3. The van der Waals surface area contributed by atoms with Gasteiger partial charge in [0.05, 0.1) is 28.3 Å². The molecule has 6 nitrogen and oxygen atoms in total. The van der Waals surface area contributed by atoms with Gasteiger partial charge in [-0.05, 0) is 31.4 Å². The van der Waals surface area contributed by atoms with Gasteiger partial charge in [-0.2, -0.15) is 0 Å². The van der Waals surface area contributed by atoms with Crippen LogP contribution in [0.5, 0.6) is 0 Å². The molecule has 3 heterocycles. The lowest BCUT2D eigenvalue weighted by Crippen LogP contribution is -2.54. The van der Waals surface area contributed by atoms with Gasteiger partial charge in [0.2, 0.25) is 5.91 Å². The van der Waals surface area contributed by atoms with Crippen molar-refractivity contribution in [2.24, 2.45) is 5.41 Å². The van der Waals surface area contributed by atoms with Gasteiger partial charge in [0.15, 0.2) is 0 Å². The van der Waals surface area contributed by atoms with E-state index in [-0.39, 0.29) is 24.1 Å². The largest absolute Gasteiger partial charge is 0.370 e. The summed E-state index contributed by atoms with van der Waals surface area (Å²) in [5, 5.41) is 6.32. The fourth-order valence-electron chi connectivity index (χ4n) is 4.11.